The van der Waals surface area contributed by atoms with Crippen molar-refractivity contribution in [1.82, 2.24) is 10.3 Å². The molecule has 1 saturated heterocycles. The van der Waals surface area contributed by atoms with Gasteiger partial charge in [0.25, 0.3) is 0 Å². The molecule has 5 heteroatoms. The molecule has 1 aromatic rings. The minimum absolute atomic E-state index is 0.217. The number of carbonyl (C=O) groups excluding carboxylic acids is 1. The van der Waals surface area contributed by atoms with E-state index in [9.17, 15) is 4.79 Å². The predicted octanol–water partition coefficient (Wildman–Crippen LogP) is 0.941. The zero-order valence-electron chi connectivity index (χ0n) is 9.30. The fourth-order valence-electron chi connectivity index (χ4n) is 1.77. The largest absolute Gasteiger partial charge is 0.368 e. The summed E-state index contributed by atoms with van der Waals surface area (Å²) in [5, 5.41) is 11.7. The number of nitrogens with zero attached hydrogens (tertiary/aromatic N) is 2. The molecular formula is C12H13N3O2. The predicted molar refractivity (Wildman–Crippen MR) is 59.7 cm³/mol. The third kappa shape index (κ3) is 2.80. The van der Waals surface area contributed by atoms with Gasteiger partial charge in [-0.3, -0.25) is 9.78 Å². The molecule has 5 nitrogen and oxygen atoms in total. The first kappa shape index (κ1) is 11.6. The van der Waals surface area contributed by atoms with Gasteiger partial charge in [0.05, 0.1) is 6.07 Å². The van der Waals surface area contributed by atoms with Gasteiger partial charge >= 0.3 is 0 Å². The number of amides is 1. The fraction of sp³-hybridized carbons (Fsp3) is 0.417. The van der Waals surface area contributed by atoms with Gasteiger partial charge in [-0.05, 0) is 30.5 Å². The highest BCUT2D eigenvalue weighted by Crippen LogP contribution is 2.15. The van der Waals surface area contributed by atoms with Crippen LogP contribution >= 0.6 is 0 Å². The molecule has 0 bridgehead atoms. The quantitative estimate of drug-likeness (QED) is 0.840. The Morgan fingerprint density at radius 3 is 2.94 bits per heavy atom. The van der Waals surface area contributed by atoms with Gasteiger partial charge in [0.15, 0.2) is 0 Å². The van der Waals surface area contributed by atoms with Gasteiger partial charge < -0.3 is 10.1 Å². The summed E-state index contributed by atoms with van der Waals surface area (Å²) in [7, 11) is 0. The summed E-state index contributed by atoms with van der Waals surface area (Å²) in [5.74, 6) is -0.217. The van der Waals surface area contributed by atoms with Crippen LogP contribution in [0, 0.1) is 11.3 Å². The third-order valence-corrected chi connectivity index (χ3v) is 2.68. The Hall–Kier alpha value is -1.93. The van der Waals surface area contributed by atoms with Gasteiger partial charge in [0.1, 0.15) is 12.1 Å². The molecule has 2 rings (SSSR count). The van der Waals surface area contributed by atoms with E-state index < -0.39 is 12.1 Å². The normalized spacial score (nSPS) is 20.5. The highest BCUT2D eigenvalue weighted by atomic mass is 16.5. The molecule has 0 radical (unpaired) electrons. The second kappa shape index (κ2) is 5.41. The maximum atomic E-state index is 11.8. The molecule has 2 unspecified atom stereocenters. The van der Waals surface area contributed by atoms with Gasteiger partial charge in [0.2, 0.25) is 5.91 Å². The highest BCUT2D eigenvalue weighted by Gasteiger charge is 2.25. The van der Waals surface area contributed by atoms with Gasteiger partial charge in [0, 0.05) is 19.0 Å². The van der Waals surface area contributed by atoms with E-state index in [2.05, 4.69) is 16.4 Å². The van der Waals surface area contributed by atoms with Crippen LogP contribution in [0.4, 0.5) is 0 Å². The summed E-state index contributed by atoms with van der Waals surface area (Å²) in [6.07, 6.45) is 4.40. The van der Waals surface area contributed by atoms with Gasteiger partial charge in [-0.1, -0.05) is 0 Å². The van der Waals surface area contributed by atoms with Crippen LogP contribution in [0.5, 0.6) is 0 Å². The number of aromatic nitrogens is 1. The summed E-state index contributed by atoms with van der Waals surface area (Å²) in [4.78, 5) is 15.7. The van der Waals surface area contributed by atoms with E-state index in [0.29, 0.717) is 6.61 Å². The molecule has 1 aliphatic heterocycles. The maximum absolute atomic E-state index is 11.8. The van der Waals surface area contributed by atoms with Crippen molar-refractivity contribution in [2.24, 2.45) is 0 Å². The summed E-state index contributed by atoms with van der Waals surface area (Å²) >= 11 is 0. The fourth-order valence-corrected chi connectivity index (χ4v) is 1.77. The van der Waals surface area contributed by atoms with Crippen LogP contribution in [0.2, 0.25) is 0 Å². The van der Waals surface area contributed by atoms with Crippen LogP contribution in [-0.2, 0) is 9.53 Å². The van der Waals surface area contributed by atoms with Crippen LogP contribution < -0.4 is 5.32 Å². The van der Waals surface area contributed by atoms with E-state index in [1.165, 1.54) is 0 Å². The second-order valence-corrected chi connectivity index (χ2v) is 3.85. The molecule has 0 spiro atoms. The lowest BCUT2D eigenvalue weighted by molar-refractivity contribution is -0.130. The lowest BCUT2D eigenvalue weighted by Crippen LogP contribution is -2.36. The van der Waals surface area contributed by atoms with Crippen molar-refractivity contribution in [2.45, 2.75) is 25.0 Å². The zero-order chi connectivity index (χ0) is 12.1. The van der Waals surface area contributed by atoms with Crippen LogP contribution in [-0.4, -0.2) is 23.6 Å². The van der Waals surface area contributed by atoms with E-state index >= 15 is 0 Å². The van der Waals surface area contributed by atoms with E-state index in [4.69, 9.17) is 10.00 Å². The molecule has 0 aliphatic carbocycles. The molecule has 1 fully saturated rings. The molecule has 17 heavy (non-hydrogen) atoms. The van der Waals surface area contributed by atoms with Crippen molar-refractivity contribution in [1.29, 1.82) is 5.26 Å². The van der Waals surface area contributed by atoms with Crippen LogP contribution in [0.1, 0.15) is 24.4 Å². The Kier molecular flexibility index (Phi) is 3.68. The van der Waals surface area contributed by atoms with Crippen LogP contribution in [0.15, 0.2) is 24.5 Å². The van der Waals surface area contributed by atoms with Crippen molar-refractivity contribution in [2.75, 3.05) is 6.61 Å². The molecule has 2 heterocycles. The molecule has 1 N–H and O–H groups in total. The number of carbonyl (C=O) groups is 1. The average molecular weight is 231 g/mol. The van der Waals surface area contributed by atoms with E-state index in [-0.39, 0.29) is 5.91 Å². The Labute approximate surface area is 99.4 Å². The minimum atomic E-state index is -0.644. The summed E-state index contributed by atoms with van der Waals surface area (Å²) in [5.41, 5.74) is 0.730. The molecule has 0 saturated carbocycles. The lowest BCUT2D eigenvalue weighted by Gasteiger charge is -2.14. The third-order valence-electron chi connectivity index (χ3n) is 2.68. The number of nitriles is 1. The number of hydrogen-bond donors (Lipinski definition) is 1. The number of ether oxygens (including phenoxy) is 1. The maximum Gasteiger partial charge on any atom is 0.250 e. The zero-order valence-corrected chi connectivity index (χ0v) is 9.30. The van der Waals surface area contributed by atoms with E-state index in [1.807, 2.05) is 0 Å². The van der Waals surface area contributed by atoms with Crippen LogP contribution in [0.3, 0.4) is 0 Å². The Balaban J connectivity index is 2.01. The Morgan fingerprint density at radius 2 is 2.35 bits per heavy atom. The minimum Gasteiger partial charge on any atom is -0.368 e. The summed E-state index contributed by atoms with van der Waals surface area (Å²) in [6.45, 7) is 0.616. The molecule has 1 amide bonds. The molecule has 88 valence electrons. The van der Waals surface area contributed by atoms with Crippen molar-refractivity contribution < 1.29 is 9.53 Å². The first-order valence-electron chi connectivity index (χ1n) is 5.53. The molecular weight excluding hydrogens is 218 g/mol. The number of pyridine rings is 1. The van der Waals surface area contributed by atoms with Crippen molar-refractivity contribution in [3.63, 3.8) is 0 Å². The smallest absolute Gasteiger partial charge is 0.250 e. The van der Waals surface area contributed by atoms with Crippen molar-refractivity contribution in [3.8, 4) is 6.07 Å². The summed E-state index contributed by atoms with van der Waals surface area (Å²) in [6, 6.07) is 4.84. The Bertz CT molecular complexity index is 421. The first-order chi connectivity index (χ1) is 8.31. The molecule has 1 aliphatic rings. The number of rotatable bonds is 3. The summed E-state index contributed by atoms with van der Waals surface area (Å²) < 4.78 is 5.26. The SMILES string of the molecule is N#CC(NC(=O)C1CCCO1)c1ccncc1. The second-order valence-electron chi connectivity index (χ2n) is 3.85. The number of hydrogen-bond acceptors (Lipinski definition) is 4. The average Bonchev–Trinajstić information content (AvgIpc) is 2.90. The molecule has 1 aromatic heterocycles. The van der Waals surface area contributed by atoms with Gasteiger partial charge in [-0.25, -0.2) is 0 Å². The van der Waals surface area contributed by atoms with E-state index in [1.54, 1.807) is 24.5 Å². The van der Waals surface area contributed by atoms with Crippen molar-refractivity contribution >= 4 is 5.91 Å². The highest BCUT2D eigenvalue weighted by molar-refractivity contribution is 5.81. The van der Waals surface area contributed by atoms with Crippen LogP contribution in [0.25, 0.3) is 0 Å². The van der Waals surface area contributed by atoms with Crippen molar-refractivity contribution in [3.05, 3.63) is 30.1 Å². The Morgan fingerprint density at radius 1 is 1.59 bits per heavy atom. The van der Waals surface area contributed by atoms with Gasteiger partial charge in [-0.15, -0.1) is 0 Å². The standard InChI is InChI=1S/C12H13N3O2/c13-8-10(9-3-5-14-6-4-9)15-12(16)11-2-1-7-17-11/h3-6,10-11H,1-2,7H2,(H,15,16). The van der Waals surface area contributed by atoms with Gasteiger partial charge in [-0.2, -0.15) is 5.26 Å². The topological polar surface area (TPSA) is 75.0 Å². The molecule has 0 aromatic carbocycles. The lowest BCUT2D eigenvalue weighted by atomic mass is 10.1. The monoisotopic (exact) mass is 231 g/mol. The first-order valence-corrected chi connectivity index (χ1v) is 5.53. The van der Waals surface area contributed by atoms with E-state index in [0.717, 1.165) is 18.4 Å². The number of nitrogens with one attached hydrogen (secondary N) is 1. The molecule has 2 atom stereocenters.